The van der Waals surface area contributed by atoms with Gasteiger partial charge in [0.1, 0.15) is 11.6 Å². The van der Waals surface area contributed by atoms with Gasteiger partial charge >= 0.3 is 0 Å². The van der Waals surface area contributed by atoms with Crippen LogP contribution >= 0.6 is 0 Å². The fourth-order valence-electron chi connectivity index (χ4n) is 4.66. The lowest BCUT2D eigenvalue weighted by Crippen LogP contribution is -2.28. The molecule has 3 aliphatic rings. The maximum Gasteiger partial charge on any atom is 0.133 e. The Labute approximate surface area is 114 Å². The highest BCUT2D eigenvalue weighted by atomic mass is 15.3. The number of aryl methyl sites for hydroxylation is 1. The zero-order chi connectivity index (χ0) is 12.8. The summed E-state index contributed by atoms with van der Waals surface area (Å²) in [7, 11) is 0. The van der Waals surface area contributed by atoms with Crippen LogP contribution in [0.4, 0.5) is 0 Å². The fraction of sp³-hybridized carbons (Fsp3) is 0.867. The average molecular weight is 260 g/mol. The number of hydrogen-bond acceptors (Lipinski definition) is 3. The van der Waals surface area contributed by atoms with Crippen LogP contribution in [0.15, 0.2) is 0 Å². The van der Waals surface area contributed by atoms with Crippen LogP contribution in [0.1, 0.15) is 43.8 Å². The molecule has 4 atom stereocenters. The molecule has 4 rings (SSSR count). The van der Waals surface area contributed by atoms with E-state index >= 15 is 0 Å². The monoisotopic (exact) mass is 260 g/mol. The third-order valence-electron chi connectivity index (χ3n) is 5.78. The van der Waals surface area contributed by atoms with Crippen molar-refractivity contribution in [3.63, 3.8) is 0 Å². The largest absolute Gasteiger partial charge is 0.330 e. The second-order valence-corrected chi connectivity index (χ2v) is 6.92. The SMILES string of the molecule is NCC1CCc2nnc(CC3CC4CCC3C4)n2C1. The minimum absolute atomic E-state index is 0.627. The van der Waals surface area contributed by atoms with Crippen LogP contribution in [0.5, 0.6) is 0 Å². The van der Waals surface area contributed by atoms with E-state index in [0.29, 0.717) is 5.92 Å². The molecule has 1 aromatic heterocycles. The third kappa shape index (κ3) is 2.00. The van der Waals surface area contributed by atoms with Gasteiger partial charge in [-0.2, -0.15) is 0 Å². The van der Waals surface area contributed by atoms with Crippen LogP contribution < -0.4 is 5.73 Å². The van der Waals surface area contributed by atoms with Crippen molar-refractivity contribution in [2.75, 3.05) is 6.54 Å². The summed E-state index contributed by atoms with van der Waals surface area (Å²) >= 11 is 0. The molecule has 2 bridgehead atoms. The molecule has 2 N–H and O–H groups in total. The van der Waals surface area contributed by atoms with Crippen LogP contribution in [0.3, 0.4) is 0 Å². The van der Waals surface area contributed by atoms with E-state index in [0.717, 1.165) is 43.7 Å². The van der Waals surface area contributed by atoms with Gasteiger partial charge in [-0.3, -0.25) is 0 Å². The first-order valence-corrected chi connectivity index (χ1v) is 7.94. The Morgan fingerprint density at radius 2 is 2.11 bits per heavy atom. The van der Waals surface area contributed by atoms with Crippen molar-refractivity contribution in [2.45, 2.75) is 51.5 Å². The number of rotatable bonds is 3. The molecule has 4 heteroatoms. The van der Waals surface area contributed by atoms with Crippen molar-refractivity contribution < 1.29 is 0 Å². The molecule has 0 spiro atoms. The Morgan fingerprint density at radius 3 is 2.84 bits per heavy atom. The van der Waals surface area contributed by atoms with Gasteiger partial charge in [-0.15, -0.1) is 10.2 Å². The zero-order valence-corrected chi connectivity index (χ0v) is 11.6. The average Bonchev–Trinajstić information content (AvgIpc) is 3.14. The molecular weight excluding hydrogens is 236 g/mol. The van der Waals surface area contributed by atoms with E-state index in [-0.39, 0.29) is 0 Å². The number of fused-ring (bicyclic) bond motifs is 3. The van der Waals surface area contributed by atoms with Crippen molar-refractivity contribution in [1.82, 2.24) is 14.8 Å². The summed E-state index contributed by atoms with van der Waals surface area (Å²) in [5.74, 6) is 5.95. The smallest absolute Gasteiger partial charge is 0.133 e. The zero-order valence-electron chi connectivity index (χ0n) is 11.6. The Morgan fingerprint density at radius 1 is 1.16 bits per heavy atom. The summed E-state index contributed by atoms with van der Waals surface area (Å²) < 4.78 is 2.38. The van der Waals surface area contributed by atoms with Crippen molar-refractivity contribution in [2.24, 2.45) is 29.4 Å². The second-order valence-electron chi connectivity index (χ2n) is 6.92. The molecule has 0 radical (unpaired) electrons. The standard InChI is InChI=1S/C15H24N4/c16-8-11-2-4-14-17-18-15(19(14)9-11)7-13-6-10-1-3-12(13)5-10/h10-13H,1-9,16H2. The van der Waals surface area contributed by atoms with Crippen LogP contribution in [0.25, 0.3) is 0 Å². The predicted molar refractivity (Wildman–Crippen MR) is 73.5 cm³/mol. The van der Waals surface area contributed by atoms with Crippen LogP contribution in [-0.2, 0) is 19.4 Å². The summed E-state index contributed by atoms with van der Waals surface area (Å²) in [4.78, 5) is 0. The van der Waals surface area contributed by atoms with E-state index < -0.39 is 0 Å². The molecule has 2 heterocycles. The van der Waals surface area contributed by atoms with Crippen molar-refractivity contribution in [1.29, 1.82) is 0 Å². The molecule has 0 amide bonds. The topological polar surface area (TPSA) is 56.7 Å². The van der Waals surface area contributed by atoms with Gasteiger partial charge in [0.05, 0.1) is 0 Å². The molecule has 2 saturated carbocycles. The van der Waals surface area contributed by atoms with E-state index in [4.69, 9.17) is 5.73 Å². The Bertz CT molecular complexity index is 467. The maximum absolute atomic E-state index is 5.84. The lowest BCUT2D eigenvalue weighted by Gasteiger charge is -2.25. The van der Waals surface area contributed by atoms with Crippen molar-refractivity contribution in [3.05, 3.63) is 11.6 Å². The Kier molecular flexibility index (Phi) is 2.87. The van der Waals surface area contributed by atoms with Crippen LogP contribution in [0, 0.1) is 23.7 Å². The second kappa shape index (κ2) is 4.58. The molecule has 4 unspecified atom stereocenters. The highest BCUT2D eigenvalue weighted by Crippen LogP contribution is 2.49. The number of nitrogens with zero attached hydrogens (tertiary/aromatic N) is 3. The van der Waals surface area contributed by atoms with Gasteiger partial charge in [0.2, 0.25) is 0 Å². The van der Waals surface area contributed by atoms with Gasteiger partial charge in [-0.1, -0.05) is 6.42 Å². The highest BCUT2D eigenvalue weighted by molar-refractivity contribution is 5.03. The molecule has 4 nitrogen and oxygen atoms in total. The molecule has 0 aromatic carbocycles. The van der Waals surface area contributed by atoms with Gasteiger partial charge in [0.25, 0.3) is 0 Å². The third-order valence-corrected chi connectivity index (χ3v) is 5.78. The van der Waals surface area contributed by atoms with E-state index in [2.05, 4.69) is 14.8 Å². The predicted octanol–water partition coefficient (Wildman–Crippen LogP) is 1.78. The summed E-state index contributed by atoms with van der Waals surface area (Å²) in [6.07, 6.45) is 9.26. The van der Waals surface area contributed by atoms with Crippen molar-refractivity contribution >= 4 is 0 Å². The van der Waals surface area contributed by atoms with Gasteiger partial charge in [0.15, 0.2) is 0 Å². The van der Waals surface area contributed by atoms with Crippen molar-refractivity contribution in [3.8, 4) is 0 Å². The minimum atomic E-state index is 0.627. The van der Waals surface area contributed by atoms with E-state index in [1.807, 2.05) is 0 Å². The molecule has 2 aliphatic carbocycles. The number of nitrogens with two attached hydrogens (primary N) is 1. The number of aromatic nitrogens is 3. The normalized spacial score (nSPS) is 36.7. The van der Waals surface area contributed by atoms with E-state index in [1.54, 1.807) is 0 Å². The summed E-state index contributed by atoms with van der Waals surface area (Å²) in [6.45, 7) is 1.85. The lowest BCUT2D eigenvalue weighted by molar-refractivity contribution is 0.312. The fourth-order valence-corrected chi connectivity index (χ4v) is 4.66. The maximum atomic E-state index is 5.84. The lowest BCUT2D eigenvalue weighted by atomic mass is 9.86. The Balaban J connectivity index is 1.51. The van der Waals surface area contributed by atoms with Gasteiger partial charge in [-0.25, -0.2) is 0 Å². The summed E-state index contributed by atoms with van der Waals surface area (Å²) in [5, 5.41) is 8.89. The van der Waals surface area contributed by atoms with Crippen LogP contribution in [0.2, 0.25) is 0 Å². The van der Waals surface area contributed by atoms with E-state index in [9.17, 15) is 0 Å². The van der Waals surface area contributed by atoms with Gasteiger partial charge < -0.3 is 10.3 Å². The minimum Gasteiger partial charge on any atom is -0.330 e. The summed E-state index contributed by atoms with van der Waals surface area (Å²) in [6, 6.07) is 0. The first kappa shape index (κ1) is 11.9. The Hall–Kier alpha value is -0.900. The molecule has 2 fully saturated rings. The first-order valence-electron chi connectivity index (χ1n) is 7.94. The molecule has 0 saturated heterocycles. The number of hydrogen-bond donors (Lipinski definition) is 1. The molecule has 104 valence electrons. The highest BCUT2D eigenvalue weighted by Gasteiger charge is 2.40. The van der Waals surface area contributed by atoms with Crippen LogP contribution in [-0.4, -0.2) is 21.3 Å². The quantitative estimate of drug-likeness (QED) is 0.901. The molecule has 1 aromatic rings. The summed E-state index contributed by atoms with van der Waals surface area (Å²) in [5.41, 5.74) is 5.84. The van der Waals surface area contributed by atoms with Gasteiger partial charge in [-0.05, 0) is 55.9 Å². The molecule has 1 aliphatic heterocycles. The van der Waals surface area contributed by atoms with Gasteiger partial charge in [0, 0.05) is 19.4 Å². The first-order chi connectivity index (χ1) is 9.33. The molecular formula is C15H24N4. The molecule has 19 heavy (non-hydrogen) atoms. The van der Waals surface area contributed by atoms with E-state index in [1.165, 1.54) is 43.8 Å².